The highest BCUT2D eigenvalue weighted by molar-refractivity contribution is 7.22. The van der Waals surface area contributed by atoms with Gasteiger partial charge in [0.15, 0.2) is 0 Å². The van der Waals surface area contributed by atoms with E-state index in [0.717, 1.165) is 71.8 Å². The molecule has 38 heavy (non-hydrogen) atoms. The predicted octanol–water partition coefficient (Wildman–Crippen LogP) is 5.89. The SMILES string of the molecule is O=C(NC(CN1CCCC1)C(O)c1ccc(OC2CC2)c(Cl)c1)C1CCN(c2ccc3cc(Cl)sc3c2)C1. The van der Waals surface area contributed by atoms with E-state index in [4.69, 9.17) is 27.9 Å². The van der Waals surface area contributed by atoms with Crippen molar-refractivity contribution < 1.29 is 14.6 Å². The Morgan fingerprint density at radius 1 is 1.08 bits per heavy atom. The van der Waals surface area contributed by atoms with Crippen molar-refractivity contribution in [3.8, 4) is 5.75 Å². The van der Waals surface area contributed by atoms with Crippen LogP contribution in [0.2, 0.25) is 9.36 Å². The number of carbonyl (C=O) groups is 1. The first-order valence-corrected chi connectivity index (χ1v) is 15.1. The van der Waals surface area contributed by atoms with Crippen molar-refractivity contribution >= 4 is 56.2 Å². The molecule has 3 fully saturated rings. The van der Waals surface area contributed by atoms with Crippen LogP contribution in [0.5, 0.6) is 5.75 Å². The molecular weight excluding hydrogens is 541 g/mol. The van der Waals surface area contributed by atoms with E-state index in [1.807, 2.05) is 18.2 Å². The molecule has 1 saturated carbocycles. The second kappa shape index (κ2) is 11.2. The molecule has 3 aromatic rings. The van der Waals surface area contributed by atoms with Gasteiger partial charge >= 0.3 is 0 Å². The number of rotatable bonds is 9. The standard InChI is InChI=1S/C29H33Cl2N3O3S/c30-23-13-19(4-8-25(23)37-22-6-7-22)28(35)24(17-33-10-1-2-11-33)32-29(36)20-9-12-34(16-20)21-5-3-18-14-27(31)38-26(18)15-21/h3-5,8,13-15,20,22,24,28,35H,1-2,6-7,9-12,16-17H2,(H,32,36). The minimum absolute atomic E-state index is 0.00391. The lowest BCUT2D eigenvalue weighted by Crippen LogP contribution is -2.48. The van der Waals surface area contributed by atoms with Crippen LogP contribution in [0.15, 0.2) is 42.5 Å². The second-order valence-electron chi connectivity index (χ2n) is 10.8. The highest BCUT2D eigenvalue weighted by Crippen LogP contribution is 2.35. The summed E-state index contributed by atoms with van der Waals surface area (Å²) in [6.07, 6.45) is 4.57. The number of nitrogens with zero attached hydrogens (tertiary/aromatic N) is 2. The van der Waals surface area contributed by atoms with Gasteiger partial charge in [0.2, 0.25) is 5.91 Å². The molecule has 2 aromatic carbocycles. The first-order chi connectivity index (χ1) is 18.4. The number of amides is 1. The van der Waals surface area contributed by atoms with Crippen molar-refractivity contribution in [2.24, 2.45) is 5.92 Å². The number of carbonyl (C=O) groups excluding carboxylic acids is 1. The number of thiophene rings is 1. The van der Waals surface area contributed by atoms with Crippen molar-refractivity contribution in [3.63, 3.8) is 0 Å². The number of likely N-dealkylation sites (tertiary alicyclic amines) is 1. The number of hydrogen-bond donors (Lipinski definition) is 2. The molecular formula is C29H33Cl2N3O3S. The van der Waals surface area contributed by atoms with Gasteiger partial charge in [-0.3, -0.25) is 4.79 Å². The molecule has 3 unspecified atom stereocenters. The number of anilines is 1. The van der Waals surface area contributed by atoms with E-state index in [0.29, 0.717) is 29.4 Å². The maximum Gasteiger partial charge on any atom is 0.225 e. The summed E-state index contributed by atoms with van der Waals surface area (Å²) in [7, 11) is 0. The zero-order chi connectivity index (χ0) is 26.2. The van der Waals surface area contributed by atoms with Crippen LogP contribution in [-0.4, -0.2) is 60.8 Å². The monoisotopic (exact) mass is 573 g/mol. The van der Waals surface area contributed by atoms with Gasteiger partial charge in [-0.2, -0.15) is 0 Å². The Hall–Kier alpha value is -2.03. The van der Waals surface area contributed by atoms with Gasteiger partial charge in [0.25, 0.3) is 0 Å². The van der Waals surface area contributed by atoms with Gasteiger partial charge in [-0.05, 0) is 86.5 Å². The summed E-state index contributed by atoms with van der Waals surface area (Å²) >= 11 is 14.3. The molecule has 1 aromatic heterocycles. The summed E-state index contributed by atoms with van der Waals surface area (Å²) in [5, 5.41) is 16.3. The normalized spacial score (nSPS) is 21.7. The van der Waals surface area contributed by atoms with Gasteiger partial charge in [0.05, 0.1) is 27.4 Å². The quantitative estimate of drug-likeness (QED) is 0.334. The van der Waals surface area contributed by atoms with Crippen molar-refractivity contribution in [2.45, 2.75) is 50.4 Å². The first kappa shape index (κ1) is 26.2. The summed E-state index contributed by atoms with van der Waals surface area (Å²) in [6.45, 7) is 4.06. The van der Waals surface area contributed by atoms with Crippen molar-refractivity contribution in [2.75, 3.05) is 37.6 Å². The molecule has 3 aliphatic rings. The number of halogens is 2. The van der Waals surface area contributed by atoms with E-state index in [-0.39, 0.29) is 17.9 Å². The number of aliphatic hydroxyl groups excluding tert-OH is 1. The summed E-state index contributed by atoms with van der Waals surface area (Å²) in [6, 6.07) is 13.4. The lowest BCUT2D eigenvalue weighted by Gasteiger charge is -2.30. The molecule has 3 atom stereocenters. The number of nitrogens with one attached hydrogen (secondary N) is 1. The van der Waals surface area contributed by atoms with Gasteiger partial charge in [-0.15, -0.1) is 11.3 Å². The Morgan fingerprint density at radius 3 is 2.66 bits per heavy atom. The van der Waals surface area contributed by atoms with E-state index in [1.54, 1.807) is 17.4 Å². The smallest absolute Gasteiger partial charge is 0.225 e. The van der Waals surface area contributed by atoms with Gasteiger partial charge in [-0.25, -0.2) is 0 Å². The Balaban J connectivity index is 1.14. The summed E-state index contributed by atoms with van der Waals surface area (Å²) in [5.41, 5.74) is 1.81. The predicted molar refractivity (Wildman–Crippen MR) is 155 cm³/mol. The lowest BCUT2D eigenvalue weighted by atomic mass is 10.00. The molecule has 1 amide bonds. The molecule has 3 heterocycles. The summed E-state index contributed by atoms with van der Waals surface area (Å²) in [4.78, 5) is 18.1. The zero-order valence-corrected chi connectivity index (χ0v) is 23.6. The molecule has 6 rings (SSSR count). The molecule has 0 spiro atoms. The first-order valence-electron chi connectivity index (χ1n) is 13.5. The Labute approximate surface area is 237 Å². The molecule has 202 valence electrons. The molecule has 1 aliphatic carbocycles. The maximum absolute atomic E-state index is 13.5. The number of benzene rings is 2. The average molecular weight is 575 g/mol. The minimum Gasteiger partial charge on any atom is -0.489 e. The molecule has 2 saturated heterocycles. The zero-order valence-electron chi connectivity index (χ0n) is 21.2. The summed E-state index contributed by atoms with van der Waals surface area (Å²) in [5.74, 6) is 0.513. The molecule has 2 aliphatic heterocycles. The maximum atomic E-state index is 13.5. The van der Waals surface area contributed by atoms with E-state index in [9.17, 15) is 9.90 Å². The third-order valence-electron chi connectivity index (χ3n) is 7.88. The van der Waals surface area contributed by atoms with Gasteiger partial charge in [0.1, 0.15) is 11.9 Å². The third-order valence-corrected chi connectivity index (χ3v) is 9.40. The van der Waals surface area contributed by atoms with Crippen molar-refractivity contribution in [1.82, 2.24) is 10.2 Å². The van der Waals surface area contributed by atoms with Gasteiger partial charge < -0.3 is 25.0 Å². The fourth-order valence-corrected chi connectivity index (χ4v) is 6.98. The lowest BCUT2D eigenvalue weighted by molar-refractivity contribution is -0.126. The van der Waals surface area contributed by atoms with Gasteiger partial charge in [-0.1, -0.05) is 35.3 Å². The summed E-state index contributed by atoms with van der Waals surface area (Å²) < 4.78 is 7.80. The molecule has 0 bridgehead atoms. The Bertz CT molecular complexity index is 1310. The van der Waals surface area contributed by atoms with E-state index >= 15 is 0 Å². The highest BCUT2D eigenvalue weighted by atomic mass is 35.5. The average Bonchev–Trinajstić information content (AvgIpc) is 3.27. The van der Waals surface area contributed by atoms with E-state index in [2.05, 4.69) is 33.3 Å². The van der Waals surface area contributed by atoms with Crippen LogP contribution in [0.25, 0.3) is 10.1 Å². The van der Waals surface area contributed by atoms with Crippen LogP contribution in [0.4, 0.5) is 5.69 Å². The fraction of sp³-hybridized carbons (Fsp3) is 0.483. The van der Waals surface area contributed by atoms with Gasteiger partial charge in [0, 0.05) is 30.0 Å². The van der Waals surface area contributed by atoms with Crippen LogP contribution in [-0.2, 0) is 4.79 Å². The number of hydrogen-bond acceptors (Lipinski definition) is 6. The van der Waals surface area contributed by atoms with Crippen LogP contribution in [0, 0.1) is 5.92 Å². The van der Waals surface area contributed by atoms with Crippen molar-refractivity contribution in [3.05, 3.63) is 57.4 Å². The Kier molecular flexibility index (Phi) is 7.74. The number of fused-ring (bicyclic) bond motifs is 1. The second-order valence-corrected chi connectivity index (χ2v) is 12.9. The minimum atomic E-state index is -0.865. The number of aliphatic hydroxyl groups is 1. The van der Waals surface area contributed by atoms with Crippen molar-refractivity contribution in [1.29, 1.82) is 0 Å². The fourth-order valence-electron chi connectivity index (χ4n) is 5.56. The highest BCUT2D eigenvalue weighted by Gasteiger charge is 2.33. The topological polar surface area (TPSA) is 65.0 Å². The van der Waals surface area contributed by atoms with Crippen LogP contribution < -0.4 is 15.0 Å². The van der Waals surface area contributed by atoms with Crippen LogP contribution in [0.3, 0.4) is 0 Å². The van der Waals surface area contributed by atoms with E-state index < -0.39 is 12.1 Å². The largest absolute Gasteiger partial charge is 0.489 e. The Morgan fingerprint density at radius 2 is 1.89 bits per heavy atom. The molecule has 2 N–H and O–H groups in total. The molecule has 6 nitrogen and oxygen atoms in total. The van der Waals surface area contributed by atoms with E-state index in [1.165, 1.54) is 0 Å². The number of ether oxygens (including phenoxy) is 1. The third kappa shape index (κ3) is 5.92. The molecule has 0 radical (unpaired) electrons. The van der Waals surface area contributed by atoms with Crippen LogP contribution >= 0.6 is 34.5 Å². The molecule has 9 heteroatoms. The van der Waals surface area contributed by atoms with Crippen LogP contribution in [0.1, 0.15) is 43.8 Å².